The van der Waals surface area contributed by atoms with E-state index < -0.39 is 10.0 Å². The molecule has 2 rings (SSSR count). The lowest BCUT2D eigenvalue weighted by Gasteiger charge is -2.32. The zero-order valence-corrected chi connectivity index (χ0v) is 14.4. The fourth-order valence-corrected chi connectivity index (χ4v) is 3.59. The monoisotopic (exact) mass is 378 g/mol. The first-order valence-electron chi connectivity index (χ1n) is 6.94. The number of hydrogen-bond acceptors (Lipinski definition) is 3. The molecular weight excluding hydrogens is 359 g/mol. The maximum Gasteiger partial charge on any atom is 0.208 e. The molecule has 1 aromatic carbocycles. The lowest BCUT2D eigenvalue weighted by atomic mass is 9.98. The number of hydrogen-bond donors (Lipinski definition) is 1. The number of rotatable bonds is 5. The van der Waals surface area contributed by atoms with Gasteiger partial charge in [-0.05, 0) is 58.9 Å². The average Bonchev–Trinajstić information content (AvgIpc) is 2.40. The molecule has 1 heterocycles. The molecule has 1 fully saturated rings. The number of likely N-dealkylation sites (tertiary alicyclic amines) is 1. The van der Waals surface area contributed by atoms with Crippen LogP contribution >= 0.6 is 15.9 Å². The van der Waals surface area contributed by atoms with Crippen LogP contribution in [-0.4, -0.2) is 39.2 Å². The van der Waals surface area contributed by atoms with Gasteiger partial charge in [-0.15, -0.1) is 0 Å². The lowest BCUT2D eigenvalue weighted by molar-refractivity contribution is 0.169. The van der Waals surface area contributed by atoms with Crippen molar-refractivity contribution in [2.45, 2.75) is 19.4 Å². The molecule has 1 saturated heterocycles. The first-order chi connectivity index (χ1) is 9.83. The summed E-state index contributed by atoms with van der Waals surface area (Å²) >= 11 is 3.20. The number of nitrogens with zero attached hydrogens (tertiary/aromatic N) is 1. The van der Waals surface area contributed by atoms with Crippen LogP contribution in [0.4, 0.5) is 4.39 Å². The summed E-state index contributed by atoms with van der Waals surface area (Å²) in [7, 11) is -3.13. The lowest BCUT2D eigenvalue weighted by Crippen LogP contribution is -2.40. The Morgan fingerprint density at radius 2 is 2.24 bits per heavy atom. The summed E-state index contributed by atoms with van der Waals surface area (Å²) in [6, 6.07) is 5.05. The third kappa shape index (κ3) is 5.65. The van der Waals surface area contributed by atoms with Gasteiger partial charge in [-0.3, -0.25) is 4.90 Å². The van der Waals surface area contributed by atoms with Gasteiger partial charge < -0.3 is 0 Å². The van der Waals surface area contributed by atoms with Crippen LogP contribution in [0.15, 0.2) is 22.7 Å². The van der Waals surface area contributed by atoms with Crippen molar-refractivity contribution < 1.29 is 12.8 Å². The topological polar surface area (TPSA) is 49.4 Å². The Balaban J connectivity index is 1.90. The number of nitrogens with one attached hydrogen (secondary N) is 1. The van der Waals surface area contributed by atoms with E-state index in [4.69, 9.17) is 0 Å². The normalized spacial score (nSPS) is 20.6. The predicted molar refractivity (Wildman–Crippen MR) is 84.9 cm³/mol. The molecular formula is C14H20BrFN2O2S. The Labute approximate surface area is 133 Å². The molecule has 4 nitrogen and oxygen atoms in total. The molecule has 1 aliphatic rings. The second-order valence-electron chi connectivity index (χ2n) is 5.61. The molecule has 0 bridgehead atoms. The number of halogens is 2. The van der Waals surface area contributed by atoms with E-state index in [0.29, 0.717) is 16.9 Å². The van der Waals surface area contributed by atoms with Gasteiger partial charge in [-0.1, -0.05) is 6.07 Å². The fraction of sp³-hybridized carbons (Fsp3) is 0.571. The van der Waals surface area contributed by atoms with Crippen LogP contribution in [0.25, 0.3) is 0 Å². The van der Waals surface area contributed by atoms with Gasteiger partial charge in [0.15, 0.2) is 0 Å². The Morgan fingerprint density at radius 1 is 1.48 bits per heavy atom. The first kappa shape index (κ1) is 16.9. The summed E-state index contributed by atoms with van der Waals surface area (Å²) in [4.78, 5) is 2.29. The van der Waals surface area contributed by atoms with Crippen molar-refractivity contribution in [2.75, 3.05) is 25.9 Å². The van der Waals surface area contributed by atoms with Gasteiger partial charge >= 0.3 is 0 Å². The minimum Gasteiger partial charge on any atom is -0.299 e. The Kier molecular flexibility index (Phi) is 5.76. The summed E-state index contributed by atoms with van der Waals surface area (Å²) in [6.07, 6.45) is 3.27. The SMILES string of the molecule is CS(=O)(=O)NCC1CCCN(Cc2ccc(F)c(Br)c2)C1. The molecule has 0 amide bonds. The quantitative estimate of drug-likeness (QED) is 0.855. The van der Waals surface area contributed by atoms with E-state index in [0.717, 1.165) is 38.0 Å². The van der Waals surface area contributed by atoms with Crippen LogP contribution in [0, 0.1) is 11.7 Å². The van der Waals surface area contributed by atoms with E-state index >= 15 is 0 Å². The van der Waals surface area contributed by atoms with Gasteiger partial charge in [0.2, 0.25) is 10.0 Å². The molecule has 7 heteroatoms. The van der Waals surface area contributed by atoms with E-state index in [1.165, 1.54) is 12.3 Å². The van der Waals surface area contributed by atoms with E-state index in [1.807, 2.05) is 0 Å². The van der Waals surface area contributed by atoms with Crippen molar-refractivity contribution in [1.82, 2.24) is 9.62 Å². The summed E-state index contributed by atoms with van der Waals surface area (Å²) in [5.41, 5.74) is 1.06. The van der Waals surface area contributed by atoms with Crippen molar-refractivity contribution in [3.05, 3.63) is 34.1 Å². The number of piperidine rings is 1. The molecule has 1 atom stereocenters. The van der Waals surface area contributed by atoms with Crippen molar-refractivity contribution in [2.24, 2.45) is 5.92 Å². The molecule has 1 aromatic rings. The van der Waals surface area contributed by atoms with E-state index in [2.05, 4.69) is 25.6 Å². The van der Waals surface area contributed by atoms with Crippen LogP contribution in [0.2, 0.25) is 0 Å². The highest BCUT2D eigenvalue weighted by Crippen LogP contribution is 2.21. The highest BCUT2D eigenvalue weighted by Gasteiger charge is 2.21. The van der Waals surface area contributed by atoms with Gasteiger partial charge in [0.05, 0.1) is 10.7 Å². The molecule has 0 aliphatic carbocycles. The molecule has 0 saturated carbocycles. The summed E-state index contributed by atoms with van der Waals surface area (Å²) in [5, 5.41) is 0. The highest BCUT2D eigenvalue weighted by atomic mass is 79.9. The first-order valence-corrected chi connectivity index (χ1v) is 9.63. The molecule has 0 aromatic heterocycles. The summed E-state index contributed by atoms with van der Waals surface area (Å²) in [6.45, 7) is 3.10. The van der Waals surface area contributed by atoms with Crippen LogP contribution in [-0.2, 0) is 16.6 Å². The molecule has 1 N–H and O–H groups in total. The van der Waals surface area contributed by atoms with Gasteiger partial charge in [0.1, 0.15) is 5.82 Å². The zero-order valence-electron chi connectivity index (χ0n) is 12.0. The highest BCUT2D eigenvalue weighted by molar-refractivity contribution is 9.10. The molecule has 0 radical (unpaired) electrons. The molecule has 1 unspecified atom stereocenters. The zero-order chi connectivity index (χ0) is 15.5. The molecule has 1 aliphatic heterocycles. The maximum absolute atomic E-state index is 13.2. The van der Waals surface area contributed by atoms with Gasteiger partial charge in [0, 0.05) is 19.6 Å². The van der Waals surface area contributed by atoms with E-state index in [-0.39, 0.29) is 5.82 Å². The van der Waals surface area contributed by atoms with Crippen molar-refractivity contribution >= 4 is 26.0 Å². The Morgan fingerprint density at radius 3 is 2.90 bits per heavy atom. The smallest absolute Gasteiger partial charge is 0.208 e. The maximum atomic E-state index is 13.2. The van der Waals surface area contributed by atoms with Gasteiger partial charge in [0.25, 0.3) is 0 Å². The molecule has 0 spiro atoms. The fourth-order valence-electron chi connectivity index (χ4n) is 2.63. The number of sulfonamides is 1. The van der Waals surface area contributed by atoms with Gasteiger partial charge in [-0.2, -0.15) is 0 Å². The van der Waals surface area contributed by atoms with Crippen LogP contribution in [0.1, 0.15) is 18.4 Å². The van der Waals surface area contributed by atoms with Crippen LogP contribution in [0.3, 0.4) is 0 Å². The Hall–Kier alpha value is -0.500. The second kappa shape index (κ2) is 7.17. The van der Waals surface area contributed by atoms with Crippen molar-refractivity contribution in [3.63, 3.8) is 0 Å². The molecule has 118 valence electrons. The predicted octanol–water partition coefficient (Wildman–Crippen LogP) is 2.35. The standard InChI is InChI=1S/C14H20BrFN2O2S/c1-21(19,20)17-8-12-3-2-6-18(10-12)9-11-4-5-14(16)13(15)7-11/h4-5,7,12,17H,2-3,6,8-10H2,1H3. The summed E-state index contributed by atoms with van der Waals surface area (Å²) < 4.78 is 38.6. The Bertz CT molecular complexity index is 595. The minimum absolute atomic E-state index is 0.257. The number of benzene rings is 1. The van der Waals surface area contributed by atoms with Crippen molar-refractivity contribution in [1.29, 1.82) is 0 Å². The van der Waals surface area contributed by atoms with E-state index in [9.17, 15) is 12.8 Å². The largest absolute Gasteiger partial charge is 0.299 e. The minimum atomic E-state index is -3.13. The third-order valence-corrected chi connectivity index (χ3v) is 4.93. The van der Waals surface area contributed by atoms with E-state index in [1.54, 1.807) is 12.1 Å². The molecule has 21 heavy (non-hydrogen) atoms. The third-order valence-electron chi connectivity index (χ3n) is 3.63. The van der Waals surface area contributed by atoms with Crippen LogP contribution in [0.5, 0.6) is 0 Å². The van der Waals surface area contributed by atoms with Gasteiger partial charge in [-0.25, -0.2) is 17.5 Å². The summed E-state index contributed by atoms with van der Waals surface area (Å²) in [5.74, 6) is 0.0741. The average molecular weight is 379 g/mol. The van der Waals surface area contributed by atoms with Crippen LogP contribution < -0.4 is 4.72 Å². The van der Waals surface area contributed by atoms with Crippen molar-refractivity contribution in [3.8, 4) is 0 Å². The second-order valence-corrected chi connectivity index (χ2v) is 8.30.